The van der Waals surface area contributed by atoms with E-state index >= 15 is 0 Å². The summed E-state index contributed by atoms with van der Waals surface area (Å²) >= 11 is 0. The number of hydrogen-bond donors (Lipinski definition) is 1. The standard InChI is InChI=1S/C17H19NO3S/c1-4-5-14-12-15(21-3)8-11-17(14)18-22(19,20)16-9-6-13(2)7-10-16/h4-12,18H,1-3H3. The summed E-state index contributed by atoms with van der Waals surface area (Å²) in [6.45, 7) is 3.79. The zero-order valence-corrected chi connectivity index (χ0v) is 13.6. The molecule has 1 N–H and O–H groups in total. The van der Waals surface area contributed by atoms with Crippen LogP contribution >= 0.6 is 0 Å². The Labute approximate surface area is 131 Å². The van der Waals surface area contributed by atoms with Gasteiger partial charge >= 0.3 is 0 Å². The number of hydrogen-bond acceptors (Lipinski definition) is 3. The predicted octanol–water partition coefficient (Wildman–Crippen LogP) is 3.84. The van der Waals surface area contributed by atoms with Crippen molar-refractivity contribution in [3.8, 4) is 5.75 Å². The van der Waals surface area contributed by atoms with Crippen LogP contribution in [0.2, 0.25) is 0 Å². The van der Waals surface area contributed by atoms with Crippen LogP contribution < -0.4 is 9.46 Å². The highest BCUT2D eigenvalue weighted by Gasteiger charge is 2.15. The molecule has 0 radical (unpaired) electrons. The van der Waals surface area contributed by atoms with Crippen LogP contribution in [-0.4, -0.2) is 15.5 Å². The largest absolute Gasteiger partial charge is 0.497 e. The number of methoxy groups -OCH3 is 1. The number of aryl methyl sites for hydroxylation is 1. The maximum absolute atomic E-state index is 12.5. The van der Waals surface area contributed by atoms with Crippen molar-refractivity contribution in [2.24, 2.45) is 0 Å². The van der Waals surface area contributed by atoms with Crippen molar-refractivity contribution in [2.75, 3.05) is 11.8 Å². The molecular formula is C17H19NO3S. The molecule has 0 aliphatic heterocycles. The summed E-state index contributed by atoms with van der Waals surface area (Å²) < 4.78 is 32.7. The van der Waals surface area contributed by atoms with Crippen LogP contribution in [0.15, 0.2) is 53.4 Å². The summed E-state index contributed by atoms with van der Waals surface area (Å²) in [5.74, 6) is 0.673. The van der Waals surface area contributed by atoms with E-state index in [-0.39, 0.29) is 4.90 Å². The van der Waals surface area contributed by atoms with Crippen LogP contribution in [0.1, 0.15) is 18.1 Å². The highest BCUT2D eigenvalue weighted by atomic mass is 32.2. The molecule has 0 heterocycles. The van der Waals surface area contributed by atoms with E-state index in [9.17, 15) is 8.42 Å². The molecule has 2 aromatic carbocycles. The number of rotatable bonds is 5. The number of sulfonamides is 1. The molecule has 0 aliphatic carbocycles. The fourth-order valence-corrected chi connectivity index (χ4v) is 3.09. The van der Waals surface area contributed by atoms with Crippen LogP contribution in [0.4, 0.5) is 5.69 Å². The topological polar surface area (TPSA) is 55.4 Å². The summed E-state index contributed by atoms with van der Waals surface area (Å²) in [6, 6.07) is 11.9. The molecule has 0 aliphatic rings. The minimum Gasteiger partial charge on any atom is -0.497 e. The molecule has 0 saturated carbocycles. The third-order valence-corrected chi connectivity index (χ3v) is 4.56. The van der Waals surface area contributed by atoms with E-state index in [1.54, 1.807) is 49.6 Å². The second kappa shape index (κ2) is 6.66. The summed E-state index contributed by atoms with van der Waals surface area (Å²) in [5, 5.41) is 0. The molecule has 0 aromatic heterocycles. The van der Waals surface area contributed by atoms with Crippen molar-refractivity contribution in [1.82, 2.24) is 0 Å². The monoisotopic (exact) mass is 317 g/mol. The molecular weight excluding hydrogens is 298 g/mol. The zero-order chi connectivity index (χ0) is 16.2. The number of ether oxygens (including phenoxy) is 1. The first kappa shape index (κ1) is 16.1. The van der Waals surface area contributed by atoms with Gasteiger partial charge in [0.05, 0.1) is 17.7 Å². The van der Waals surface area contributed by atoms with Gasteiger partial charge in [0.25, 0.3) is 10.0 Å². The number of allylic oxidation sites excluding steroid dienone is 1. The summed E-state index contributed by atoms with van der Waals surface area (Å²) in [6.07, 6.45) is 3.67. The zero-order valence-electron chi connectivity index (χ0n) is 12.8. The quantitative estimate of drug-likeness (QED) is 0.911. The van der Waals surface area contributed by atoms with Crippen LogP contribution in [-0.2, 0) is 10.0 Å². The third-order valence-electron chi connectivity index (χ3n) is 3.18. The minimum absolute atomic E-state index is 0.236. The SMILES string of the molecule is CC=Cc1cc(OC)ccc1NS(=O)(=O)c1ccc(C)cc1. The molecule has 0 atom stereocenters. The molecule has 0 spiro atoms. The fraction of sp³-hybridized carbons (Fsp3) is 0.176. The van der Waals surface area contributed by atoms with Gasteiger partial charge in [-0.3, -0.25) is 4.72 Å². The summed E-state index contributed by atoms with van der Waals surface area (Å²) in [7, 11) is -2.04. The number of benzene rings is 2. The third kappa shape index (κ3) is 3.68. The van der Waals surface area contributed by atoms with Gasteiger partial charge < -0.3 is 4.74 Å². The van der Waals surface area contributed by atoms with Gasteiger partial charge in [0.15, 0.2) is 0 Å². The summed E-state index contributed by atoms with van der Waals surface area (Å²) in [5.41, 5.74) is 2.27. The Morgan fingerprint density at radius 2 is 1.77 bits per heavy atom. The van der Waals surface area contributed by atoms with Crippen molar-refractivity contribution in [1.29, 1.82) is 0 Å². The van der Waals surface area contributed by atoms with Crippen LogP contribution in [0.25, 0.3) is 6.08 Å². The maximum atomic E-state index is 12.5. The van der Waals surface area contributed by atoms with E-state index in [0.717, 1.165) is 11.1 Å². The molecule has 22 heavy (non-hydrogen) atoms. The van der Waals surface area contributed by atoms with Gasteiger partial charge in [-0.05, 0) is 44.2 Å². The van der Waals surface area contributed by atoms with Crippen molar-refractivity contribution < 1.29 is 13.2 Å². The lowest BCUT2D eigenvalue weighted by atomic mass is 10.1. The first-order valence-corrected chi connectivity index (χ1v) is 8.35. The lowest BCUT2D eigenvalue weighted by molar-refractivity contribution is 0.415. The van der Waals surface area contributed by atoms with E-state index in [0.29, 0.717) is 11.4 Å². The Hall–Kier alpha value is -2.27. The average Bonchev–Trinajstić information content (AvgIpc) is 2.49. The normalized spacial score (nSPS) is 11.6. The maximum Gasteiger partial charge on any atom is 0.261 e. The van der Waals surface area contributed by atoms with Crippen LogP contribution in [0.5, 0.6) is 5.75 Å². The molecule has 0 amide bonds. The molecule has 2 aromatic rings. The van der Waals surface area contributed by atoms with E-state index in [2.05, 4.69) is 4.72 Å². The van der Waals surface area contributed by atoms with Gasteiger partial charge in [-0.25, -0.2) is 8.42 Å². The molecule has 116 valence electrons. The molecule has 0 fully saturated rings. The smallest absolute Gasteiger partial charge is 0.261 e. The van der Waals surface area contributed by atoms with Crippen molar-refractivity contribution in [3.05, 3.63) is 59.7 Å². The summed E-state index contributed by atoms with van der Waals surface area (Å²) in [4.78, 5) is 0.236. The lowest BCUT2D eigenvalue weighted by Gasteiger charge is -2.12. The van der Waals surface area contributed by atoms with Crippen molar-refractivity contribution in [2.45, 2.75) is 18.7 Å². The second-order valence-electron chi connectivity index (χ2n) is 4.87. The van der Waals surface area contributed by atoms with Gasteiger partial charge in [0, 0.05) is 5.56 Å². The lowest BCUT2D eigenvalue weighted by Crippen LogP contribution is -2.13. The van der Waals surface area contributed by atoms with E-state index < -0.39 is 10.0 Å². The van der Waals surface area contributed by atoms with E-state index in [1.807, 2.05) is 26.0 Å². The van der Waals surface area contributed by atoms with E-state index in [4.69, 9.17) is 4.74 Å². The number of nitrogens with one attached hydrogen (secondary N) is 1. The van der Waals surface area contributed by atoms with Crippen LogP contribution in [0.3, 0.4) is 0 Å². The number of anilines is 1. The molecule has 0 unspecified atom stereocenters. The Balaban J connectivity index is 2.38. The Morgan fingerprint density at radius 1 is 1.09 bits per heavy atom. The molecule has 5 heteroatoms. The van der Waals surface area contributed by atoms with Gasteiger partial charge in [-0.1, -0.05) is 29.8 Å². The Bertz CT molecular complexity index is 778. The second-order valence-corrected chi connectivity index (χ2v) is 6.55. The predicted molar refractivity (Wildman–Crippen MR) is 89.7 cm³/mol. The first-order valence-electron chi connectivity index (χ1n) is 6.86. The Morgan fingerprint density at radius 3 is 2.36 bits per heavy atom. The van der Waals surface area contributed by atoms with Gasteiger partial charge in [0.1, 0.15) is 5.75 Å². The van der Waals surface area contributed by atoms with Crippen molar-refractivity contribution >= 4 is 21.8 Å². The van der Waals surface area contributed by atoms with E-state index in [1.165, 1.54) is 0 Å². The van der Waals surface area contributed by atoms with Crippen LogP contribution in [0, 0.1) is 6.92 Å². The molecule has 0 bridgehead atoms. The van der Waals surface area contributed by atoms with Gasteiger partial charge in [-0.15, -0.1) is 0 Å². The molecule has 4 nitrogen and oxygen atoms in total. The molecule has 0 saturated heterocycles. The average molecular weight is 317 g/mol. The molecule has 2 rings (SSSR count). The minimum atomic E-state index is -3.62. The fourth-order valence-electron chi connectivity index (χ4n) is 2.00. The Kier molecular flexibility index (Phi) is 4.88. The first-order chi connectivity index (χ1) is 10.5. The van der Waals surface area contributed by atoms with Crippen molar-refractivity contribution in [3.63, 3.8) is 0 Å². The highest BCUT2D eigenvalue weighted by Crippen LogP contribution is 2.26. The van der Waals surface area contributed by atoms with Gasteiger partial charge in [0.2, 0.25) is 0 Å². The van der Waals surface area contributed by atoms with Gasteiger partial charge in [-0.2, -0.15) is 0 Å². The highest BCUT2D eigenvalue weighted by molar-refractivity contribution is 7.92.